The molecule has 160 valence electrons. The Bertz CT molecular complexity index is 1130. The molecule has 0 saturated carbocycles. The molecule has 0 spiro atoms. The van der Waals surface area contributed by atoms with E-state index >= 15 is 0 Å². The number of aromatic nitrogens is 2. The first-order valence-electron chi connectivity index (χ1n) is 9.16. The van der Waals surface area contributed by atoms with Gasteiger partial charge in [-0.05, 0) is 36.6 Å². The molecular formula is C22H22N4O4S. The Kier molecular flexibility index (Phi) is 7.05. The first kappa shape index (κ1) is 22.1. The maximum atomic E-state index is 9.97. The van der Waals surface area contributed by atoms with E-state index < -0.39 is 0 Å². The van der Waals surface area contributed by atoms with Crippen LogP contribution in [0.15, 0.2) is 41.6 Å². The first-order valence-corrected chi connectivity index (χ1v) is 10.4. The average molecular weight is 439 g/mol. The number of nitriles is 1. The van der Waals surface area contributed by atoms with Gasteiger partial charge in [0, 0.05) is 11.6 Å². The molecule has 2 aromatic carbocycles. The summed E-state index contributed by atoms with van der Waals surface area (Å²) in [6.07, 6.45) is 1.87. The van der Waals surface area contributed by atoms with Crippen LogP contribution in [-0.2, 0) is 0 Å². The van der Waals surface area contributed by atoms with Crippen LogP contribution >= 0.6 is 11.8 Å². The van der Waals surface area contributed by atoms with Crippen LogP contribution in [0.1, 0.15) is 5.56 Å². The summed E-state index contributed by atoms with van der Waals surface area (Å²) in [4.78, 5) is 9.10. The molecule has 0 atom stereocenters. The summed E-state index contributed by atoms with van der Waals surface area (Å²) in [6.45, 7) is 0. The average Bonchev–Trinajstić information content (AvgIpc) is 2.82. The predicted molar refractivity (Wildman–Crippen MR) is 120 cm³/mol. The Labute approximate surface area is 185 Å². The monoisotopic (exact) mass is 438 g/mol. The van der Waals surface area contributed by atoms with E-state index in [4.69, 9.17) is 18.9 Å². The normalized spacial score (nSPS) is 10.2. The minimum absolute atomic E-state index is 0.287. The SMILES string of the molecule is COc1ccc(OC)c(Nc2nc(SC)nc(-c3ccc(OC)c(OC)c3)c2C#N)c1. The van der Waals surface area contributed by atoms with Crippen LogP contribution < -0.4 is 24.3 Å². The Hall–Kier alpha value is -3.64. The third-order valence-corrected chi connectivity index (χ3v) is 5.05. The van der Waals surface area contributed by atoms with Gasteiger partial charge in [0.2, 0.25) is 0 Å². The minimum atomic E-state index is 0.287. The quantitative estimate of drug-likeness (QED) is 0.402. The fourth-order valence-electron chi connectivity index (χ4n) is 2.96. The molecule has 0 bridgehead atoms. The van der Waals surface area contributed by atoms with Crippen molar-refractivity contribution in [3.8, 4) is 40.3 Å². The van der Waals surface area contributed by atoms with Crippen molar-refractivity contribution in [3.05, 3.63) is 42.0 Å². The number of methoxy groups -OCH3 is 4. The van der Waals surface area contributed by atoms with Gasteiger partial charge in [-0.1, -0.05) is 11.8 Å². The third kappa shape index (κ3) is 4.59. The van der Waals surface area contributed by atoms with E-state index in [-0.39, 0.29) is 5.56 Å². The van der Waals surface area contributed by atoms with Crippen molar-refractivity contribution in [2.45, 2.75) is 5.16 Å². The third-order valence-electron chi connectivity index (χ3n) is 4.50. The molecule has 0 radical (unpaired) electrons. The second kappa shape index (κ2) is 9.91. The number of nitrogens with zero attached hydrogens (tertiary/aromatic N) is 3. The van der Waals surface area contributed by atoms with Gasteiger partial charge in [0.25, 0.3) is 0 Å². The van der Waals surface area contributed by atoms with Crippen molar-refractivity contribution in [2.24, 2.45) is 0 Å². The number of nitrogens with one attached hydrogen (secondary N) is 1. The number of anilines is 2. The maximum Gasteiger partial charge on any atom is 0.189 e. The molecule has 3 rings (SSSR count). The fraction of sp³-hybridized carbons (Fsp3) is 0.227. The van der Waals surface area contributed by atoms with Crippen LogP contribution in [-0.4, -0.2) is 44.7 Å². The molecule has 0 fully saturated rings. The number of rotatable bonds is 8. The van der Waals surface area contributed by atoms with Crippen molar-refractivity contribution in [1.82, 2.24) is 9.97 Å². The highest BCUT2D eigenvalue weighted by atomic mass is 32.2. The summed E-state index contributed by atoms with van der Waals surface area (Å²) in [7, 11) is 6.28. The molecule has 0 aliphatic heterocycles. The summed E-state index contributed by atoms with van der Waals surface area (Å²) in [5.74, 6) is 2.71. The molecule has 3 aromatic rings. The van der Waals surface area contributed by atoms with Crippen molar-refractivity contribution in [3.63, 3.8) is 0 Å². The van der Waals surface area contributed by atoms with Crippen molar-refractivity contribution < 1.29 is 18.9 Å². The number of hydrogen-bond donors (Lipinski definition) is 1. The number of benzene rings is 2. The second-order valence-electron chi connectivity index (χ2n) is 6.16. The fourth-order valence-corrected chi connectivity index (χ4v) is 3.32. The smallest absolute Gasteiger partial charge is 0.189 e. The second-order valence-corrected chi connectivity index (χ2v) is 6.93. The van der Waals surface area contributed by atoms with Gasteiger partial charge in [0.1, 0.15) is 23.1 Å². The van der Waals surface area contributed by atoms with E-state index in [1.54, 1.807) is 58.8 Å². The first-order chi connectivity index (χ1) is 15.1. The summed E-state index contributed by atoms with van der Waals surface area (Å²) in [6, 6.07) is 12.9. The summed E-state index contributed by atoms with van der Waals surface area (Å²) < 4.78 is 21.5. The van der Waals surface area contributed by atoms with Gasteiger partial charge in [-0.25, -0.2) is 9.97 Å². The molecule has 1 N–H and O–H groups in total. The van der Waals surface area contributed by atoms with Crippen molar-refractivity contribution in [1.29, 1.82) is 5.26 Å². The van der Waals surface area contributed by atoms with Crippen LogP contribution in [0.4, 0.5) is 11.5 Å². The van der Waals surface area contributed by atoms with Crippen LogP contribution in [0.5, 0.6) is 23.0 Å². The number of ether oxygens (including phenoxy) is 4. The van der Waals surface area contributed by atoms with E-state index in [1.807, 2.05) is 12.3 Å². The van der Waals surface area contributed by atoms with E-state index in [0.717, 1.165) is 0 Å². The van der Waals surface area contributed by atoms with Gasteiger partial charge in [-0.2, -0.15) is 5.26 Å². The minimum Gasteiger partial charge on any atom is -0.497 e. The van der Waals surface area contributed by atoms with Gasteiger partial charge in [0.05, 0.1) is 39.8 Å². The summed E-state index contributed by atoms with van der Waals surface area (Å²) in [5, 5.41) is 13.7. The zero-order valence-electron chi connectivity index (χ0n) is 17.8. The topological polar surface area (TPSA) is 98.5 Å². The molecule has 31 heavy (non-hydrogen) atoms. The molecule has 0 unspecified atom stereocenters. The van der Waals surface area contributed by atoms with Crippen molar-refractivity contribution in [2.75, 3.05) is 40.0 Å². The van der Waals surface area contributed by atoms with Gasteiger partial charge < -0.3 is 24.3 Å². The lowest BCUT2D eigenvalue weighted by Gasteiger charge is -2.16. The van der Waals surface area contributed by atoms with Gasteiger partial charge >= 0.3 is 0 Å². The van der Waals surface area contributed by atoms with Gasteiger partial charge in [-0.3, -0.25) is 0 Å². The highest BCUT2D eigenvalue weighted by molar-refractivity contribution is 7.98. The Morgan fingerprint density at radius 1 is 0.871 bits per heavy atom. The highest BCUT2D eigenvalue weighted by Gasteiger charge is 2.19. The van der Waals surface area contributed by atoms with Crippen LogP contribution in [0.25, 0.3) is 11.3 Å². The Morgan fingerprint density at radius 3 is 2.19 bits per heavy atom. The van der Waals surface area contributed by atoms with E-state index in [0.29, 0.717) is 50.9 Å². The lowest BCUT2D eigenvalue weighted by molar-refractivity contribution is 0.355. The highest BCUT2D eigenvalue weighted by Crippen LogP contribution is 2.37. The number of thioether (sulfide) groups is 1. The zero-order chi connectivity index (χ0) is 22.4. The largest absolute Gasteiger partial charge is 0.497 e. The molecule has 0 saturated heterocycles. The number of hydrogen-bond acceptors (Lipinski definition) is 9. The zero-order valence-corrected chi connectivity index (χ0v) is 18.7. The Balaban J connectivity index is 2.17. The predicted octanol–water partition coefficient (Wildman–Crippen LogP) is 4.52. The summed E-state index contributed by atoms with van der Waals surface area (Å²) in [5.41, 5.74) is 2.08. The molecule has 8 nitrogen and oxygen atoms in total. The molecule has 0 aliphatic carbocycles. The van der Waals surface area contributed by atoms with Crippen LogP contribution in [0.2, 0.25) is 0 Å². The molecular weight excluding hydrogens is 416 g/mol. The van der Waals surface area contributed by atoms with E-state index in [1.165, 1.54) is 11.8 Å². The maximum absolute atomic E-state index is 9.97. The van der Waals surface area contributed by atoms with E-state index in [9.17, 15) is 5.26 Å². The molecule has 1 aromatic heterocycles. The van der Waals surface area contributed by atoms with Crippen molar-refractivity contribution >= 4 is 23.3 Å². The Morgan fingerprint density at radius 2 is 1.58 bits per heavy atom. The standard InChI is InChI=1S/C22H22N4O4S/c1-27-14-7-9-17(28-2)16(11-14)24-21-15(12-23)20(25-22(26-21)31-5)13-6-8-18(29-3)19(10-13)30-4/h6-11H,1-5H3,(H,24,25,26). The van der Waals surface area contributed by atoms with E-state index in [2.05, 4.69) is 21.4 Å². The lowest BCUT2D eigenvalue weighted by atomic mass is 10.1. The lowest BCUT2D eigenvalue weighted by Crippen LogP contribution is -2.05. The molecule has 1 heterocycles. The molecule has 0 amide bonds. The molecule has 0 aliphatic rings. The van der Waals surface area contributed by atoms with Crippen LogP contribution in [0.3, 0.4) is 0 Å². The van der Waals surface area contributed by atoms with Gasteiger partial charge in [-0.15, -0.1) is 0 Å². The van der Waals surface area contributed by atoms with Gasteiger partial charge in [0.15, 0.2) is 22.5 Å². The molecule has 9 heteroatoms. The summed E-state index contributed by atoms with van der Waals surface area (Å²) >= 11 is 1.37. The van der Waals surface area contributed by atoms with Crippen LogP contribution in [0, 0.1) is 11.3 Å².